The molecule has 0 aliphatic carbocycles. The number of nitrogens with zero attached hydrogens (tertiary/aromatic N) is 2. The van der Waals surface area contributed by atoms with Crippen molar-refractivity contribution < 1.29 is 32.2 Å². The Morgan fingerprint density at radius 1 is 1.03 bits per heavy atom. The molecule has 13 heteroatoms. The molecule has 3 rings (SSSR count). The van der Waals surface area contributed by atoms with Gasteiger partial charge in [-0.05, 0) is 36.4 Å². The maximum atomic E-state index is 12.6. The lowest BCUT2D eigenvalue weighted by Crippen LogP contribution is -2.14. The van der Waals surface area contributed by atoms with E-state index in [2.05, 4.69) is 20.8 Å². The molecule has 0 atom stereocenters. The number of methoxy groups -OCH3 is 2. The average Bonchev–Trinajstić information content (AvgIpc) is 3.24. The van der Waals surface area contributed by atoms with Gasteiger partial charge in [0.2, 0.25) is 11.0 Å². The van der Waals surface area contributed by atoms with Crippen molar-refractivity contribution in [3.63, 3.8) is 0 Å². The second-order valence-corrected chi connectivity index (χ2v) is 8.51. The van der Waals surface area contributed by atoms with Crippen LogP contribution in [-0.4, -0.2) is 42.0 Å². The lowest BCUT2D eigenvalue weighted by atomic mass is 10.2. The van der Waals surface area contributed by atoms with Gasteiger partial charge >= 0.3 is 6.18 Å². The summed E-state index contributed by atoms with van der Waals surface area (Å²) in [6.45, 7) is 0. The van der Waals surface area contributed by atoms with Crippen molar-refractivity contribution in [3.05, 3.63) is 53.6 Å². The molecule has 174 valence electrons. The maximum absolute atomic E-state index is 12.6. The molecule has 2 aromatic carbocycles. The van der Waals surface area contributed by atoms with Gasteiger partial charge < -0.3 is 14.8 Å². The Bertz CT molecular complexity index is 1140. The van der Waals surface area contributed by atoms with Crippen molar-refractivity contribution in [1.29, 1.82) is 0 Å². The highest BCUT2D eigenvalue weighted by atomic mass is 32.2. The van der Waals surface area contributed by atoms with E-state index in [1.165, 1.54) is 26.4 Å². The Morgan fingerprint density at radius 3 is 2.39 bits per heavy atom. The number of amides is 2. The fourth-order valence-electron chi connectivity index (χ4n) is 2.54. The number of carbonyl (C=O) groups excluding carboxylic acids is 2. The minimum atomic E-state index is -4.44. The summed E-state index contributed by atoms with van der Waals surface area (Å²) in [6.07, 6.45) is -4.44. The third-order valence-corrected chi connectivity index (χ3v) is 6.07. The van der Waals surface area contributed by atoms with Crippen molar-refractivity contribution in [1.82, 2.24) is 10.2 Å². The monoisotopic (exact) mass is 498 g/mol. The van der Waals surface area contributed by atoms with E-state index in [4.69, 9.17) is 9.47 Å². The molecule has 0 saturated heterocycles. The van der Waals surface area contributed by atoms with Crippen LogP contribution in [0.4, 0.5) is 24.0 Å². The third kappa shape index (κ3) is 6.58. The average molecular weight is 499 g/mol. The van der Waals surface area contributed by atoms with Crippen molar-refractivity contribution in [2.75, 3.05) is 30.6 Å². The first-order valence-electron chi connectivity index (χ1n) is 9.16. The van der Waals surface area contributed by atoms with Gasteiger partial charge in [-0.3, -0.25) is 14.9 Å². The maximum Gasteiger partial charge on any atom is 0.416 e. The SMILES string of the molecule is COc1ccc(C(=O)Nc2nnc(SCC(=O)Nc3ccc(C(F)(F)F)cc3)s2)c(OC)c1. The van der Waals surface area contributed by atoms with Crippen LogP contribution in [0.5, 0.6) is 11.5 Å². The van der Waals surface area contributed by atoms with E-state index < -0.39 is 23.6 Å². The third-order valence-electron chi connectivity index (χ3n) is 4.10. The summed E-state index contributed by atoms with van der Waals surface area (Å²) in [4.78, 5) is 24.6. The lowest BCUT2D eigenvalue weighted by molar-refractivity contribution is -0.137. The molecule has 1 aromatic heterocycles. The molecular weight excluding hydrogens is 481 g/mol. The Kier molecular flexibility index (Phi) is 7.76. The summed E-state index contributed by atoms with van der Waals surface area (Å²) in [6, 6.07) is 8.88. The second kappa shape index (κ2) is 10.5. The summed E-state index contributed by atoms with van der Waals surface area (Å²) in [5.41, 5.74) is -0.281. The Balaban J connectivity index is 1.53. The van der Waals surface area contributed by atoms with Crippen LogP contribution in [0.25, 0.3) is 0 Å². The van der Waals surface area contributed by atoms with Crippen molar-refractivity contribution >= 4 is 45.7 Å². The van der Waals surface area contributed by atoms with E-state index in [1.807, 2.05) is 0 Å². The van der Waals surface area contributed by atoms with Crippen molar-refractivity contribution in [2.24, 2.45) is 0 Å². The number of halogens is 3. The lowest BCUT2D eigenvalue weighted by Gasteiger charge is -2.09. The molecule has 3 aromatic rings. The number of thioether (sulfide) groups is 1. The van der Waals surface area contributed by atoms with Gasteiger partial charge in [0.15, 0.2) is 4.34 Å². The van der Waals surface area contributed by atoms with Gasteiger partial charge in [-0.1, -0.05) is 23.1 Å². The van der Waals surface area contributed by atoms with E-state index in [0.29, 0.717) is 15.8 Å². The van der Waals surface area contributed by atoms with E-state index in [9.17, 15) is 22.8 Å². The van der Waals surface area contributed by atoms with E-state index >= 15 is 0 Å². The van der Waals surface area contributed by atoms with Gasteiger partial charge in [0.1, 0.15) is 11.5 Å². The normalized spacial score (nSPS) is 11.1. The van der Waals surface area contributed by atoms with E-state index in [0.717, 1.165) is 35.2 Å². The summed E-state index contributed by atoms with van der Waals surface area (Å²) in [7, 11) is 2.93. The second-order valence-electron chi connectivity index (χ2n) is 6.31. The predicted molar refractivity (Wildman–Crippen MR) is 118 cm³/mol. The number of benzene rings is 2. The molecular formula is C20H17F3N4O4S2. The topological polar surface area (TPSA) is 102 Å². The minimum Gasteiger partial charge on any atom is -0.497 e. The molecule has 33 heavy (non-hydrogen) atoms. The van der Waals surface area contributed by atoms with Crippen LogP contribution in [-0.2, 0) is 11.0 Å². The fourth-order valence-corrected chi connectivity index (χ4v) is 4.08. The summed E-state index contributed by atoms with van der Waals surface area (Å²) >= 11 is 2.14. The Morgan fingerprint density at radius 2 is 1.76 bits per heavy atom. The highest BCUT2D eigenvalue weighted by Gasteiger charge is 2.30. The molecule has 8 nitrogen and oxygen atoms in total. The van der Waals surface area contributed by atoms with E-state index in [-0.39, 0.29) is 22.1 Å². The standard InChI is InChI=1S/C20H17F3N4O4S2/c1-30-13-7-8-14(15(9-13)31-2)17(29)25-18-26-27-19(33-18)32-10-16(28)24-12-5-3-11(4-6-12)20(21,22)23/h3-9H,10H2,1-2H3,(H,24,28)(H,25,26,29). The van der Waals surface area contributed by atoms with Crippen LogP contribution < -0.4 is 20.1 Å². The first kappa shape index (κ1) is 24.3. The number of hydrogen-bond donors (Lipinski definition) is 2. The zero-order chi connectivity index (χ0) is 24.0. The number of ether oxygens (including phenoxy) is 2. The van der Waals surface area contributed by atoms with Gasteiger partial charge in [0.05, 0.1) is 31.1 Å². The number of alkyl halides is 3. The fraction of sp³-hybridized carbons (Fsp3) is 0.200. The van der Waals surface area contributed by atoms with Crippen LogP contribution in [0.1, 0.15) is 15.9 Å². The Hall–Kier alpha value is -3.32. The number of rotatable bonds is 8. The molecule has 0 spiro atoms. The predicted octanol–water partition coefficient (Wildman–Crippen LogP) is 4.56. The number of anilines is 2. The molecule has 0 aliphatic heterocycles. The van der Waals surface area contributed by atoms with Crippen LogP contribution in [0.15, 0.2) is 46.8 Å². The molecule has 0 radical (unpaired) electrons. The van der Waals surface area contributed by atoms with Crippen molar-refractivity contribution in [3.8, 4) is 11.5 Å². The molecule has 2 N–H and O–H groups in total. The smallest absolute Gasteiger partial charge is 0.416 e. The molecule has 1 heterocycles. The molecule has 0 aliphatic rings. The van der Waals surface area contributed by atoms with Crippen LogP contribution >= 0.6 is 23.1 Å². The molecule has 0 unspecified atom stereocenters. The molecule has 0 fully saturated rings. The van der Waals surface area contributed by atoms with Gasteiger partial charge in [-0.2, -0.15) is 13.2 Å². The van der Waals surface area contributed by atoms with Gasteiger partial charge in [0, 0.05) is 11.8 Å². The summed E-state index contributed by atoms with van der Waals surface area (Å²) in [5, 5.41) is 13.1. The van der Waals surface area contributed by atoms with Crippen LogP contribution in [0.3, 0.4) is 0 Å². The highest BCUT2D eigenvalue weighted by Crippen LogP contribution is 2.30. The number of carbonyl (C=O) groups is 2. The summed E-state index contributed by atoms with van der Waals surface area (Å²) < 4.78 is 48.5. The zero-order valence-corrected chi connectivity index (χ0v) is 18.9. The van der Waals surface area contributed by atoms with E-state index in [1.54, 1.807) is 18.2 Å². The molecule has 0 saturated carbocycles. The van der Waals surface area contributed by atoms with Crippen LogP contribution in [0, 0.1) is 0 Å². The number of hydrogen-bond acceptors (Lipinski definition) is 8. The van der Waals surface area contributed by atoms with Crippen LogP contribution in [0.2, 0.25) is 0 Å². The molecule has 2 amide bonds. The number of nitrogens with one attached hydrogen (secondary N) is 2. The zero-order valence-electron chi connectivity index (χ0n) is 17.2. The molecule has 0 bridgehead atoms. The largest absolute Gasteiger partial charge is 0.497 e. The number of aromatic nitrogens is 2. The first-order valence-corrected chi connectivity index (χ1v) is 11.0. The highest BCUT2D eigenvalue weighted by molar-refractivity contribution is 8.01. The summed E-state index contributed by atoms with van der Waals surface area (Å²) in [5.74, 6) is -0.0696. The quantitative estimate of drug-likeness (QED) is 0.347. The van der Waals surface area contributed by atoms with Gasteiger partial charge in [0.25, 0.3) is 5.91 Å². The van der Waals surface area contributed by atoms with Gasteiger partial charge in [-0.15, -0.1) is 10.2 Å². The minimum absolute atomic E-state index is 0.0457. The Labute approximate surface area is 194 Å². The van der Waals surface area contributed by atoms with Gasteiger partial charge in [-0.25, -0.2) is 0 Å². The first-order chi connectivity index (χ1) is 15.7. The van der Waals surface area contributed by atoms with Crippen molar-refractivity contribution in [2.45, 2.75) is 10.5 Å².